The molecule has 2 N–H and O–H groups in total. The lowest BCUT2D eigenvalue weighted by Crippen LogP contribution is -2.15. The maximum Gasteiger partial charge on any atom is 0.275 e. The molecule has 0 spiro atoms. The second-order valence-electron chi connectivity index (χ2n) is 5.55. The lowest BCUT2D eigenvalue weighted by atomic mass is 10.2. The highest BCUT2D eigenvalue weighted by atomic mass is 35.5. The Morgan fingerprint density at radius 2 is 1.78 bits per heavy atom. The second kappa shape index (κ2) is 7.63. The fourth-order valence-corrected chi connectivity index (χ4v) is 2.36. The van der Waals surface area contributed by atoms with Gasteiger partial charge in [-0.15, -0.1) is 0 Å². The fourth-order valence-electron chi connectivity index (χ4n) is 2.19. The number of carbonyl (C=O) groups excluding carboxylic acids is 1. The Bertz CT molecular complexity index is 1010. The third-order valence-electron chi connectivity index (χ3n) is 3.63. The van der Waals surface area contributed by atoms with Crippen LogP contribution in [0.2, 0.25) is 5.02 Å². The normalized spacial score (nSPS) is 10.6. The molecular weight excluding hydrogens is 381 g/mol. The van der Waals surface area contributed by atoms with Crippen LogP contribution in [-0.2, 0) is 0 Å². The third kappa shape index (κ3) is 4.17. The van der Waals surface area contributed by atoms with Crippen LogP contribution in [0.15, 0.2) is 42.7 Å². The molecule has 138 valence electrons. The Morgan fingerprint density at radius 3 is 2.48 bits per heavy atom. The van der Waals surface area contributed by atoms with Gasteiger partial charge < -0.3 is 10.6 Å². The number of benzene rings is 2. The van der Waals surface area contributed by atoms with E-state index in [0.29, 0.717) is 10.7 Å². The van der Waals surface area contributed by atoms with Gasteiger partial charge in [-0.3, -0.25) is 4.79 Å². The second-order valence-corrected chi connectivity index (χ2v) is 5.98. The zero-order valence-electron chi connectivity index (χ0n) is 13.9. The predicted octanol–water partition coefficient (Wildman–Crippen LogP) is 4.85. The van der Waals surface area contributed by atoms with Crippen LogP contribution in [0.25, 0.3) is 0 Å². The summed E-state index contributed by atoms with van der Waals surface area (Å²) < 4.78 is 39.9. The van der Waals surface area contributed by atoms with E-state index in [0.717, 1.165) is 23.9 Å². The Hall–Kier alpha value is -3.13. The smallest absolute Gasteiger partial charge is 0.275 e. The van der Waals surface area contributed by atoms with E-state index in [-0.39, 0.29) is 17.2 Å². The number of hydrogen-bond donors (Lipinski definition) is 2. The van der Waals surface area contributed by atoms with Crippen molar-refractivity contribution in [1.29, 1.82) is 0 Å². The number of nitrogens with zero attached hydrogens (tertiary/aromatic N) is 2. The number of amides is 1. The van der Waals surface area contributed by atoms with Crippen LogP contribution in [0.4, 0.5) is 30.4 Å². The van der Waals surface area contributed by atoms with Crippen molar-refractivity contribution in [3.63, 3.8) is 0 Å². The van der Waals surface area contributed by atoms with Crippen LogP contribution in [-0.4, -0.2) is 15.9 Å². The number of aryl methyl sites for hydroxylation is 1. The van der Waals surface area contributed by atoms with E-state index in [1.807, 2.05) is 0 Å². The van der Waals surface area contributed by atoms with Crippen molar-refractivity contribution >= 4 is 34.7 Å². The minimum atomic E-state index is -1.60. The first kappa shape index (κ1) is 18.7. The minimum Gasteiger partial charge on any atom is -0.336 e. The highest BCUT2D eigenvalue weighted by molar-refractivity contribution is 6.31. The van der Waals surface area contributed by atoms with Gasteiger partial charge in [0, 0.05) is 10.7 Å². The standard InChI is InChI=1S/C18H12ClF3N4O/c1-9-2-3-10(19)6-13(9)26-18(27)14-7-24-15(8-23-14)25-12-5-4-11(20)16(21)17(12)22/h2-8H,1H3,(H,24,25)(H,26,27). The Balaban J connectivity index is 1.74. The number of hydrogen-bond acceptors (Lipinski definition) is 4. The molecule has 0 bridgehead atoms. The zero-order valence-corrected chi connectivity index (χ0v) is 14.6. The van der Waals surface area contributed by atoms with Gasteiger partial charge in [0.05, 0.1) is 18.1 Å². The van der Waals surface area contributed by atoms with E-state index in [4.69, 9.17) is 11.6 Å². The number of aromatic nitrogens is 2. The number of nitrogens with one attached hydrogen (secondary N) is 2. The van der Waals surface area contributed by atoms with E-state index in [2.05, 4.69) is 20.6 Å². The summed E-state index contributed by atoms with van der Waals surface area (Å²) in [6, 6.07) is 6.86. The SMILES string of the molecule is Cc1ccc(Cl)cc1NC(=O)c1cnc(Nc2ccc(F)c(F)c2F)cn1. The average Bonchev–Trinajstić information content (AvgIpc) is 2.65. The van der Waals surface area contributed by atoms with Gasteiger partial charge in [-0.05, 0) is 36.8 Å². The lowest BCUT2D eigenvalue weighted by Gasteiger charge is -2.09. The van der Waals surface area contributed by atoms with Crippen molar-refractivity contribution in [3.8, 4) is 0 Å². The van der Waals surface area contributed by atoms with Crippen molar-refractivity contribution in [2.75, 3.05) is 10.6 Å². The average molecular weight is 393 g/mol. The first-order valence-electron chi connectivity index (χ1n) is 7.65. The molecule has 1 aromatic heterocycles. The van der Waals surface area contributed by atoms with Gasteiger partial charge >= 0.3 is 0 Å². The molecule has 0 aliphatic carbocycles. The molecule has 0 saturated carbocycles. The van der Waals surface area contributed by atoms with Gasteiger partial charge in [-0.2, -0.15) is 0 Å². The molecule has 27 heavy (non-hydrogen) atoms. The van der Waals surface area contributed by atoms with Gasteiger partial charge in [0.1, 0.15) is 11.5 Å². The topological polar surface area (TPSA) is 66.9 Å². The van der Waals surface area contributed by atoms with E-state index in [1.165, 1.54) is 6.20 Å². The van der Waals surface area contributed by atoms with Crippen molar-refractivity contribution in [3.05, 3.63) is 76.5 Å². The molecule has 0 unspecified atom stereocenters. The number of rotatable bonds is 4. The van der Waals surface area contributed by atoms with Gasteiger partial charge in [-0.25, -0.2) is 23.1 Å². The molecule has 5 nitrogen and oxygen atoms in total. The largest absolute Gasteiger partial charge is 0.336 e. The quantitative estimate of drug-likeness (QED) is 0.623. The van der Waals surface area contributed by atoms with E-state index in [9.17, 15) is 18.0 Å². The van der Waals surface area contributed by atoms with Crippen LogP contribution in [0.1, 0.15) is 16.1 Å². The summed E-state index contributed by atoms with van der Waals surface area (Å²) in [4.78, 5) is 20.1. The summed E-state index contributed by atoms with van der Waals surface area (Å²) in [6.07, 6.45) is 2.33. The molecule has 3 rings (SSSR count). The summed E-state index contributed by atoms with van der Waals surface area (Å²) in [6.45, 7) is 1.81. The molecule has 3 aromatic rings. The fraction of sp³-hybridized carbons (Fsp3) is 0.0556. The summed E-state index contributed by atoms with van der Waals surface area (Å²) in [5.41, 5.74) is 1.04. The number of carbonyl (C=O) groups is 1. The van der Waals surface area contributed by atoms with E-state index < -0.39 is 23.4 Å². The molecule has 2 aromatic carbocycles. The molecule has 0 aliphatic heterocycles. The molecule has 0 radical (unpaired) electrons. The molecule has 9 heteroatoms. The molecule has 0 fully saturated rings. The van der Waals surface area contributed by atoms with Crippen molar-refractivity contribution in [2.24, 2.45) is 0 Å². The first-order chi connectivity index (χ1) is 12.8. The molecule has 0 atom stereocenters. The highest BCUT2D eigenvalue weighted by Gasteiger charge is 2.15. The molecule has 1 heterocycles. The van der Waals surface area contributed by atoms with Crippen LogP contribution < -0.4 is 10.6 Å². The predicted molar refractivity (Wildman–Crippen MR) is 95.8 cm³/mol. The number of halogens is 4. The van der Waals surface area contributed by atoms with Crippen LogP contribution in [0, 0.1) is 24.4 Å². The number of anilines is 3. The van der Waals surface area contributed by atoms with E-state index in [1.54, 1.807) is 25.1 Å². The molecule has 0 saturated heterocycles. The zero-order chi connectivity index (χ0) is 19.6. The van der Waals surface area contributed by atoms with Gasteiger partial charge in [-0.1, -0.05) is 17.7 Å². The maximum absolute atomic E-state index is 13.7. The first-order valence-corrected chi connectivity index (χ1v) is 8.03. The Labute approximate surface area is 157 Å². The van der Waals surface area contributed by atoms with Crippen LogP contribution >= 0.6 is 11.6 Å². The minimum absolute atomic E-state index is 0.00526. The van der Waals surface area contributed by atoms with Gasteiger partial charge in [0.25, 0.3) is 5.91 Å². The summed E-state index contributed by atoms with van der Waals surface area (Å²) in [5, 5.41) is 5.60. The van der Waals surface area contributed by atoms with Gasteiger partial charge in [0.15, 0.2) is 17.5 Å². The van der Waals surface area contributed by atoms with Gasteiger partial charge in [0.2, 0.25) is 0 Å². The molecule has 1 amide bonds. The summed E-state index contributed by atoms with van der Waals surface area (Å²) in [7, 11) is 0. The van der Waals surface area contributed by atoms with E-state index >= 15 is 0 Å². The van der Waals surface area contributed by atoms with Crippen molar-refractivity contribution in [1.82, 2.24) is 9.97 Å². The molecular formula is C18H12ClF3N4O. The van der Waals surface area contributed by atoms with Crippen LogP contribution in [0.3, 0.4) is 0 Å². The highest BCUT2D eigenvalue weighted by Crippen LogP contribution is 2.23. The van der Waals surface area contributed by atoms with Crippen LogP contribution in [0.5, 0.6) is 0 Å². The maximum atomic E-state index is 13.7. The summed E-state index contributed by atoms with van der Waals surface area (Å²) >= 11 is 5.91. The monoisotopic (exact) mass is 392 g/mol. The third-order valence-corrected chi connectivity index (χ3v) is 3.87. The molecule has 0 aliphatic rings. The van der Waals surface area contributed by atoms with Crippen molar-refractivity contribution in [2.45, 2.75) is 6.92 Å². The lowest BCUT2D eigenvalue weighted by molar-refractivity contribution is 0.102. The Morgan fingerprint density at radius 1 is 1.00 bits per heavy atom. The Kier molecular flexibility index (Phi) is 5.27. The summed E-state index contributed by atoms with van der Waals surface area (Å²) in [5.74, 6) is -4.74. The van der Waals surface area contributed by atoms with Crippen molar-refractivity contribution < 1.29 is 18.0 Å².